The van der Waals surface area contributed by atoms with E-state index in [9.17, 15) is 8.78 Å². The molecule has 0 N–H and O–H groups in total. The Balaban J connectivity index is 2.21. The summed E-state index contributed by atoms with van der Waals surface area (Å²) in [4.78, 5) is 0. The van der Waals surface area contributed by atoms with Crippen molar-refractivity contribution in [1.29, 1.82) is 0 Å². The molecule has 0 spiro atoms. The summed E-state index contributed by atoms with van der Waals surface area (Å²) >= 11 is 5.56. The summed E-state index contributed by atoms with van der Waals surface area (Å²) in [6, 6.07) is 7.23. The summed E-state index contributed by atoms with van der Waals surface area (Å²) in [6.07, 6.45) is 3.02. The van der Waals surface area contributed by atoms with Gasteiger partial charge in [-0.15, -0.1) is 0 Å². The Morgan fingerprint density at radius 3 is 2.85 bits per heavy atom. The fraction of sp³-hybridized carbons (Fsp3) is 0.250. The largest absolute Gasteiger partial charge is 0.435 e. The van der Waals surface area contributed by atoms with Gasteiger partial charge in [-0.2, -0.15) is 13.9 Å². The third-order valence-corrected chi connectivity index (χ3v) is 5.21. The maximum atomic E-state index is 12.3. The van der Waals surface area contributed by atoms with Gasteiger partial charge >= 0.3 is 6.61 Å². The fourth-order valence-electron chi connectivity index (χ4n) is 1.81. The molecule has 0 amide bonds. The molecule has 0 aliphatic carbocycles. The predicted octanol–water partition coefficient (Wildman–Crippen LogP) is 4.76. The summed E-state index contributed by atoms with van der Waals surface area (Å²) in [7, 11) is 0. The normalized spacial score (nSPS) is 11.7. The maximum absolute atomic E-state index is 12.3. The zero-order valence-electron chi connectivity index (χ0n) is 10.2. The topological polar surface area (TPSA) is 27.1 Å². The quantitative estimate of drug-likeness (QED) is 0.343. The second kappa shape index (κ2) is 7.66. The first-order chi connectivity index (χ1) is 9.63. The van der Waals surface area contributed by atoms with E-state index >= 15 is 0 Å². The lowest BCUT2D eigenvalue weighted by molar-refractivity contribution is -0.0503. The molecule has 1 aromatic carbocycles. The van der Waals surface area contributed by atoms with Crippen LogP contribution in [-0.2, 0) is 11.8 Å². The summed E-state index contributed by atoms with van der Waals surface area (Å²) in [5, 5.41) is 4.69. The van der Waals surface area contributed by atoms with Crippen molar-refractivity contribution in [2.24, 2.45) is 0 Å². The standard InChI is InChI=1S/C12H11BrF2IN2OP/c13-7-9-5-8(1-2-11(9)19-12(14)15)6-10-3-4-17-18(10)20-16/h1-5,12,20H,6-7H2. The van der Waals surface area contributed by atoms with E-state index in [2.05, 4.69) is 47.8 Å². The van der Waals surface area contributed by atoms with E-state index in [0.29, 0.717) is 23.7 Å². The van der Waals surface area contributed by atoms with Crippen molar-refractivity contribution < 1.29 is 13.5 Å². The summed E-state index contributed by atoms with van der Waals surface area (Å²) in [5.74, 6) is 0.213. The SMILES string of the molecule is FC(F)Oc1ccc(Cc2ccnn2PI)cc1CBr. The van der Waals surface area contributed by atoms with E-state index in [1.807, 2.05) is 16.6 Å². The second-order valence-electron chi connectivity index (χ2n) is 3.95. The van der Waals surface area contributed by atoms with E-state index in [0.717, 1.165) is 11.3 Å². The van der Waals surface area contributed by atoms with Crippen LogP contribution in [0.5, 0.6) is 5.75 Å². The van der Waals surface area contributed by atoms with Crippen molar-refractivity contribution in [2.45, 2.75) is 18.4 Å². The van der Waals surface area contributed by atoms with E-state index in [4.69, 9.17) is 0 Å². The number of rotatable bonds is 6. The second-order valence-corrected chi connectivity index (χ2v) is 6.55. The Morgan fingerprint density at radius 1 is 1.40 bits per heavy atom. The lowest BCUT2D eigenvalue weighted by Crippen LogP contribution is -2.04. The molecule has 0 saturated heterocycles. The van der Waals surface area contributed by atoms with Crippen molar-refractivity contribution >= 4 is 44.3 Å². The van der Waals surface area contributed by atoms with Gasteiger partial charge in [-0.25, -0.2) is 4.45 Å². The molecule has 2 rings (SSSR count). The van der Waals surface area contributed by atoms with Crippen LogP contribution in [0.2, 0.25) is 0 Å². The Hall–Kier alpha value is -0.270. The molecule has 20 heavy (non-hydrogen) atoms. The van der Waals surface area contributed by atoms with Crippen molar-refractivity contribution in [1.82, 2.24) is 9.55 Å². The Bertz CT molecular complexity index is 582. The highest BCUT2D eigenvalue weighted by molar-refractivity contribution is 14.2. The Kier molecular flexibility index (Phi) is 6.17. The molecule has 0 aliphatic rings. The number of aromatic nitrogens is 2. The van der Waals surface area contributed by atoms with Crippen LogP contribution >= 0.6 is 44.3 Å². The van der Waals surface area contributed by atoms with E-state index in [1.165, 1.54) is 0 Å². The van der Waals surface area contributed by atoms with Crippen LogP contribution in [0.15, 0.2) is 30.5 Å². The highest BCUT2D eigenvalue weighted by atomic mass is 127. The molecule has 0 fully saturated rings. The smallest absolute Gasteiger partial charge is 0.387 e. The number of hydrogen-bond acceptors (Lipinski definition) is 2. The van der Waals surface area contributed by atoms with Gasteiger partial charge in [-0.1, -0.05) is 28.1 Å². The van der Waals surface area contributed by atoms with Crippen LogP contribution in [0.3, 0.4) is 0 Å². The molecule has 3 nitrogen and oxygen atoms in total. The van der Waals surface area contributed by atoms with Gasteiger partial charge in [0.25, 0.3) is 0 Å². The average Bonchev–Trinajstić information content (AvgIpc) is 2.87. The van der Waals surface area contributed by atoms with Gasteiger partial charge in [-0.05, 0) is 39.7 Å². The molecule has 0 aliphatic heterocycles. The van der Waals surface area contributed by atoms with Gasteiger partial charge in [0.1, 0.15) is 5.75 Å². The Morgan fingerprint density at radius 2 is 2.20 bits per heavy atom. The van der Waals surface area contributed by atoms with Crippen LogP contribution < -0.4 is 4.74 Å². The highest BCUT2D eigenvalue weighted by Gasteiger charge is 2.11. The van der Waals surface area contributed by atoms with E-state index in [-0.39, 0.29) is 5.75 Å². The first-order valence-corrected chi connectivity index (χ1v) is 10.8. The third-order valence-electron chi connectivity index (χ3n) is 2.67. The van der Waals surface area contributed by atoms with Crippen LogP contribution in [0.4, 0.5) is 8.78 Å². The summed E-state index contributed by atoms with van der Waals surface area (Å²) in [6.45, 7) is -2.81. The van der Waals surface area contributed by atoms with E-state index < -0.39 is 6.61 Å². The first kappa shape index (κ1) is 16.1. The molecule has 1 unspecified atom stereocenters. The Labute approximate surface area is 138 Å². The molecular formula is C12H11BrF2IN2OP. The summed E-state index contributed by atoms with van der Waals surface area (Å²) < 4.78 is 31.0. The number of ether oxygens (including phenoxy) is 1. The van der Waals surface area contributed by atoms with E-state index in [1.54, 1.807) is 18.3 Å². The van der Waals surface area contributed by atoms with Gasteiger partial charge in [0.05, 0.1) is 6.37 Å². The van der Waals surface area contributed by atoms with Gasteiger partial charge in [0.2, 0.25) is 0 Å². The minimum absolute atomic E-state index is 0.213. The minimum Gasteiger partial charge on any atom is -0.435 e. The van der Waals surface area contributed by atoms with Crippen molar-refractivity contribution in [3.05, 3.63) is 47.3 Å². The monoisotopic (exact) mass is 474 g/mol. The van der Waals surface area contributed by atoms with Gasteiger partial charge in [0.15, 0.2) is 0 Å². The van der Waals surface area contributed by atoms with Crippen LogP contribution in [0.1, 0.15) is 16.8 Å². The zero-order chi connectivity index (χ0) is 14.5. The lowest BCUT2D eigenvalue weighted by Gasteiger charge is -2.11. The molecule has 1 atom stereocenters. The van der Waals surface area contributed by atoms with Crippen LogP contribution in [-0.4, -0.2) is 16.2 Å². The summed E-state index contributed by atoms with van der Waals surface area (Å²) in [5.41, 5.74) is 2.85. The molecule has 1 aromatic heterocycles. The van der Waals surface area contributed by atoms with Gasteiger partial charge < -0.3 is 4.74 Å². The number of nitrogens with zero attached hydrogens (tertiary/aromatic N) is 2. The number of alkyl halides is 3. The minimum atomic E-state index is -2.81. The molecule has 0 radical (unpaired) electrons. The predicted molar refractivity (Wildman–Crippen MR) is 88.5 cm³/mol. The molecule has 0 bridgehead atoms. The van der Waals surface area contributed by atoms with Crippen LogP contribution in [0.25, 0.3) is 0 Å². The van der Waals surface area contributed by atoms with Gasteiger partial charge in [0, 0.05) is 29.2 Å². The molecule has 0 saturated carbocycles. The average molecular weight is 475 g/mol. The molecule has 108 valence electrons. The van der Waals surface area contributed by atoms with Crippen molar-refractivity contribution in [2.75, 3.05) is 0 Å². The fourth-order valence-corrected chi connectivity index (χ4v) is 3.92. The maximum Gasteiger partial charge on any atom is 0.387 e. The number of benzene rings is 1. The molecular weight excluding hydrogens is 464 g/mol. The third kappa shape index (κ3) is 4.11. The molecule has 8 heteroatoms. The zero-order valence-corrected chi connectivity index (χ0v) is 14.9. The number of halogens is 4. The van der Waals surface area contributed by atoms with Crippen LogP contribution in [0, 0.1) is 0 Å². The van der Waals surface area contributed by atoms with Crippen molar-refractivity contribution in [3.8, 4) is 5.75 Å². The first-order valence-electron chi connectivity index (χ1n) is 5.66. The number of hydrogen-bond donors (Lipinski definition) is 0. The lowest BCUT2D eigenvalue weighted by atomic mass is 10.1. The van der Waals surface area contributed by atoms with Crippen molar-refractivity contribution in [3.63, 3.8) is 0 Å². The highest BCUT2D eigenvalue weighted by Crippen LogP contribution is 2.28. The molecule has 2 aromatic rings. The van der Waals surface area contributed by atoms with Gasteiger partial charge in [-0.3, -0.25) is 0 Å². The molecule has 1 heterocycles.